The van der Waals surface area contributed by atoms with Crippen LogP contribution in [0.3, 0.4) is 0 Å². The predicted molar refractivity (Wildman–Crippen MR) is 59.3 cm³/mol. The van der Waals surface area contributed by atoms with Crippen LogP contribution < -0.4 is 0 Å². The van der Waals surface area contributed by atoms with Gasteiger partial charge in [-0.2, -0.15) is 18.3 Å². The van der Waals surface area contributed by atoms with Gasteiger partial charge in [-0.3, -0.25) is 9.48 Å². The van der Waals surface area contributed by atoms with Gasteiger partial charge in [0, 0.05) is 18.8 Å². The zero-order chi connectivity index (χ0) is 14.2. The Hall–Kier alpha value is -1.57. The number of nitrogens with zero attached hydrogens (tertiary/aromatic N) is 3. The van der Waals surface area contributed by atoms with Crippen LogP contribution in [0.25, 0.3) is 0 Å². The minimum Gasteiger partial charge on any atom is -0.387 e. The Balaban J connectivity index is 2.16. The number of amides is 1. The minimum atomic E-state index is -4.46. The molecule has 0 saturated carbocycles. The van der Waals surface area contributed by atoms with Crippen molar-refractivity contribution in [2.75, 3.05) is 19.7 Å². The highest BCUT2D eigenvalue weighted by molar-refractivity contribution is 5.77. The summed E-state index contributed by atoms with van der Waals surface area (Å²) in [4.78, 5) is 12.7. The van der Waals surface area contributed by atoms with Gasteiger partial charge >= 0.3 is 6.18 Å². The number of aliphatic hydroxyl groups is 1. The van der Waals surface area contributed by atoms with E-state index >= 15 is 0 Å². The number of aliphatic hydroxyl groups excluding tert-OH is 1. The summed E-state index contributed by atoms with van der Waals surface area (Å²) in [6.45, 7) is 1.67. The molecule has 8 heteroatoms. The largest absolute Gasteiger partial charge is 0.435 e. The Bertz CT molecular complexity index is 484. The monoisotopic (exact) mass is 277 g/mol. The molecule has 1 fully saturated rings. The number of likely N-dealkylation sites (tertiary alicyclic amines) is 1. The van der Waals surface area contributed by atoms with Crippen molar-refractivity contribution in [3.63, 3.8) is 0 Å². The molecule has 2 rings (SSSR count). The SMILES string of the molecule is Cc1cc(C(F)(F)F)nn1C1CCN(C(=O)CO)C1. The van der Waals surface area contributed by atoms with Gasteiger partial charge in [-0.15, -0.1) is 0 Å². The maximum absolute atomic E-state index is 12.6. The van der Waals surface area contributed by atoms with Gasteiger partial charge in [0.15, 0.2) is 5.69 Å². The van der Waals surface area contributed by atoms with Crippen LogP contribution in [0.4, 0.5) is 13.2 Å². The fourth-order valence-corrected chi connectivity index (χ4v) is 2.26. The van der Waals surface area contributed by atoms with Crippen molar-refractivity contribution >= 4 is 5.91 Å². The molecule has 19 heavy (non-hydrogen) atoms. The van der Waals surface area contributed by atoms with Gasteiger partial charge in [0.1, 0.15) is 6.61 Å². The molecule has 1 atom stereocenters. The van der Waals surface area contributed by atoms with Crippen molar-refractivity contribution in [1.82, 2.24) is 14.7 Å². The van der Waals surface area contributed by atoms with E-state index in [4.69, 9.17) is 5.11 Å². The normalized spacial score (nSPS) is 20.1. The summed E-state index contributed by atoms with van der Waals surface area (Å²) >= 11 is 0. The highest BCUT2D eigenvalue weighted by atomic mass is 19.4. The van der Waals surface area contributed by atoms with Crippen LogP contribution in [-0.4, -0.2) is 45.4 Å². The van der Waals surface area contributed by atoms with E-state index in [1.165, 1.54) is 9.58 Å². The third kappa shape index (κ3) is 2.73. The first-order valence-corrected chi connectivity index (χ1v) is 5.85. The Labute approximate surface area is 107 Å². The van der Waals surface area contributed by atoms with E-state index in [0.29, 0.717) is 18.7 Å². The smallest absolute Gasteiger partial charge is 0.387 e. The third-order valence-electron chi connectivity index (χ3n) is 3.21. The predicted octanol–water partition coefficient (Wildman–Crippen LogP) is 0.976. The first-order chi connectivity index (χ1) is 8.82. The summed E-state index contributed by atoms with van der Waals surface area (Å²) in [7, 11) is 0. The maximum Gasteiger partial charge on any atom is 0.435 e. The van der Waals surface area contributed by atoms with Crippen LogP contribution >= 0.6 is 0 Å². The number of rotatable bonds is 2. The van der Waals surface area contributed by atoms with Crippen molar-refractivity contribution in [3.8, 4) is 0 Å². The van der Waals surface area contributed by atoms with E-state index < -0.39 is 24.4 Å². The first kappa shape index (κ1) is 13.9. The lowest BCUT2D eigenvalue weighted by molar-refractivity contribution is -0.141. The molecule has 0 aliphatic carbocycles. The van der Waals surface area contributed by atoms with Crippen LogP contribution in [0.1, 0.15) is 23.9 Å². The van der Waals surface area contributed by atoms with Crippen LogP contribution in [0, 0.1) is 6.92 Å². The molecule has 1 aliphatic heterocycles. The van der Waals surface area contributed by atoms with Crippen molar-refractivity contribution in [2.24, 2.45) is 0 Å². The summed E-state index contributed by atoms with van der Waals surface area (Å²) < 4.78 is 39.0. The van der Waals surface area contributed by atoms with Crippen LogP contribution in [0.2, 0.25) is 0 Å². The van der Waals surface area contributed by atoms with E-state index in [0.717, 1.165) is 6.07 Å². The van der Waals surface area contributed by atoms with E-state index in [1.54, 1.807) is 6.92 Å². The van der Waals surface area contributed by atoms with E-state index in [9.17, 15) is 18.0 Å². The topological polar surface area (TPSA) is 58.4 Å². The zero-order valence-electron chi connectivity index (χ0n) is 10.3. The molecular formula is C11H14F3N3O2. The highest BCUT2D eigenvalue weighted by Gasteiger charge is 2.36. The lowest BCUT2D eigenvalue weighted by Gasteiger charge is -2.16. The molecule has 0 spiro atoms. The van der Waals surface area contributed by atoms with Gasteiger partial charge in [0.25, 0.3) is 0 Å². The summed E-state index contributed by atoms with van der Waals surface area (Å²) in [6, 6.07) is 0.725. The molecule has 106 valence electrons. The molecule has 0 bridgehead atoms. The Morgan fingerprint density at radius 1 is 1.58 bits per heavy atom. The quantitative estimate of drug-likeness (QED) is 0.876. The number of hydrogen-bond donors (Lipinski definition) is 1. The molecular weight excluding hydrogens is 263 g/mol. The summed E-state index contributed by atoms with van der Waals surface area (Å²) in [6.07, 6.45) is -3.93. The zero-order valence-corrected chi connectivity index (χ0v) is 10.3. The molecule has 0 radical (unpaired) electrons. The number of carbonyl (C=O) groups excluding carboxylic acids is 1. The van der Waals surface area contributed by atoms with E-state index in [-0.39, 0.29) is 12.6 Å². The number of aryl methyl sites for hydroxylation is 1. The summed E-state index contributed by atoms with van der Waals surface area (Å²) in [5.41, 5.74) is -0.507. The fourth-order valence-electron chi connectivity index (χ4n) is 2.26. The number of alkyl halides is 3. The summed E-state index contributed by atoms with van der Waals surface area (Å²) in [5.74, 6) is -0.414. The van der Waals surface area contributed by atoms with Crippen molar-refractivity contribution in [3.05, 3.63) is 17.5 Å². The fraction of sp³-hybridized carbons (Fsp3) is 0.636. The van der Waals surface area contributed by atoms with Gasteiger partial charge in [0.2, 0.25) is 5.91 Å². The van der Waals surface area contributed by atoms with Gasteiger partial charge < -0.3 is 10.0 Å². The summed E-state index contributed by atoms with van der Waals surface area (Å²) in [5, 5.41) is 12.3. The molecule has 1 amide bonds. The molecule has 1 unspecified atom stereocenters. The van der Waals surface area contributed by atoms with Crippen LogP contribution in [0.15, 0.2) is 6.07 Å². The standard InChI is InChI=1S/C11H14F3N3O2/c1-7-4-9(11(12,13)14)15-17(7)8-2-3-16(5-8)10(19)6-18/h4,8,18H,2-3,5-6H2,1H3. The van der Waals surface area contributed by atoms with Gasteiger partial charge in [0.05, 0.1) is 6.04 Å². The van der Waals surface area contributed by atoms with Gasteiger partial charge in [-0.25, -0.2) is 0 Å². The Morgan fingerprint density at radius 2 is 2.26 bits per heavy atom. The Morgan fingerprint density at radius 3 is 2.79 bits per heavy atom. The van der Waals surface area contributed by atoms with Crippen LogP contribution in [0.5, 0.6) is 0 Å². The van der Waals surface area contributed by atoms with Crippen molar-refractivity contribution in [2.45, 2.75) is 25.6 Å². The highest BCUT2D eigenvalue weighted by Crippen LogP contribution is 2.31. The van der Waals surface area contributed by atoms with E-state index in [1.807, 2.05) is 0 Å². The maximum atomic E-state index is 12.6. The van der Waals surface area contributed by atoms with Gasteiger partial charge in [-0.1, -0.05) is 0 Å². The number of aromatic nitrogens is 2. The number of hydrogen-bond acceptors (Lipinski definition) is 3. The molecule has 0 aromatic carbocycles. The average Bonchev–Trinajstić information content (AvgIpc) is 2.93. The third-order valence-corrected chi connectivity index (χ3v) is 3.21. The Kier molecular flexibility index (Phi) is 3.53. The van der Waals surface area contributed by atoms with Crippen LogP contribution in [-0.2, 0) is 11.0 Å². The molecule has 1 aliphatic rings. The minimum absolute atomic E-state index is 0.272. The number of carbonyl (C=O) groups is 1. The second kappa shape index (κ2) is 4.84. The van der Waals surface area contributed by atoms with Gasteiger partial charge in [-0.05, 0) is 19.4 Å². The molecule has 1 aromatic rings. The number of halogens is 3. The molecule has 2 heterocycles. The lowest BCUT2D eigenvalue weighted by atomic mass is 10.2. The first-order valence-electron chi connectivity index (χ1n) is 5.85. The van der Waals surface area contributed by atoms with Crippen molar-refractivity contribution < 1.29 is 23.1 Å². The average molecular weight is 277 g/mol. The molecule has 5 nitrogen and oxygen atoms in total. The second-order valence-electron chi connectivity index (χ2n) is 4.55. The molecule has 1 saturated heterocycles. The molecule has 1 N–H and O–H groups in total. The second-order valence-corrected chi connectivity index (χ2v) is 4.55. The van der Waals surface area contributed by atoms with Crippen molar-refractivity contribution in [1.29, 1.82) is 0 Å². The van der Waals surface area contributed by atoms with E-state index in [2.05, 4.69) is 5.10 Å². The lowest BCUT2D eigenvalue weighted by Crippen LogP contribution is -2.31. The molecule has 1 aromatic heterocycles.